The van der Waals surface area contributed by atoms with Gasteiger partial charge in [0.05, 0.1) is 0 Å². The van der Waals surface area contributed by atoms with Gasteiger partial charge in [-0.2, -0.15) is 0 Å². The third kappa shape index (κ3) is 3.22. The summed E-state index contributed by atoms with van der Waals surface area (Å²) in [6, 6.07) is 9.68. The third-order valence-corrected chi connectivity index (χ3v) is 2.03. The van der Waals surface area contributed by atoms with E-state index in [0.717, 1.165) is 5.56 Å². The fourth-order valence-corrected chi connectivity index (χ4v) is 1.04. The highest BCUT2D eigenvalue weighted by Gasteiger charge is 2.09. The van der Waals surface area contributed by atoms with Crippen molar-refractivity contribution < 1.29 is 9.90 Å². The lowest BCUT2D eigenvalue weighted by Crippen LogP contribution is -2.28. The summed E-state index contributed by atoms with van der Waals surface area (Å²) in [5, 5.41) is 11.5. The van der Waals surface area contributed by atoms with E-state index >= 15 is 0 Å². The second-order valence-corrected chi connectivity index (χ2v) is 3.29. The SMILES string of the molecule is B[C@@H](CO)C(=O)NCc1ccccc1. The number of aliphatic hydroxyl groups is 1. The van der Waals surface area contributed by atoms with Gasteiger partial charge in [0, 0.05) is 19.0 Å². The van der Waals surface area contributed by atoms with Crippen molar-refractivity contribution in [3.63, 3.8) is 0 Å². The van der Waals surface area contributed by atoms with Gasteiger partial charge in [-0.15, -0.1) is 0 Å². The van der Waals surface area contributed by atoms with Gasteiger partial charge in [0.2, 0.25) is 5.91 Å². The number of aliphatic hydroxyl groups excluding tert-OH is 1. The molecule has 14 heavy (non-hydrogen) atoms. The molecular weight excluding hydrogens is 177 g/mol. The Morgan fingerprint density at radius 1 is 1.43 bits per heavy atom. The zero-order chi connectivity index (χ0) is 10.4. The standard InChI is InChI=1S/C10H14BNO2/c11-9(7-13)10(14)12-6-8-4-2-1-3-5-8/h1-5,9,13H,6-7,11H2,(H,12,14)/t9-/m0/s1. The molecule has 0 aliphatic carbocycles. The zero-order valence-corrected chi connectivity index (χ0v) is 8.23. The van der Waals surface area contributed by atoms with E-state index in [-0.39, 0.29) is 18.3 Å². The Balaban J connectivity index is 2.38. The molecule has 0 aromatic heterocycles. The van der Waals surface area contributed by atoms with Crippen molar-refractivity contribution in [2.45, 2.75) is 12.4 Å². The summed E-state index contributed by atoms with van der Waals surface area (Å²) >= 11 is 0. The van der Waals surface area contributed by atoms with Gasteiger partial charge < -0.3 is 10.4 Å². The van der Waals surface area contributed by atoms with E-state index in [9.17, 15) is 4.79 Å². The zero-order valence-electron chi connectivity index (χ0n) is 8.23. The maximum Gasteiger partial charge on any atom is 0.217 e. The second-order valence-electron chi connectivity index (χ2n) is 3.29. The summed E-state index contributed by atoms with van der Waals surface area (Å²) in [6.07, 6.45) is 0. The smallest absolute Gasteiger partial charge is 0.217 e. The minimum absolute atomic E-state index is 0.110. The number of amides is 1. The molecule has 0 bridgehead atoms. The Morgan fingerprint density at radius 2 is 2.07 bits per heavy atom. The van der Waals surface area contributed by atoms with Crippen LogP contribution in [0.1, 0.15) is 5.56 Å². The molecule has 0 spiro atoms. The molecule has 3 nitrogen and oxygen atoms in total. The number of hydrogen-bond donors (Lipinski definition) is 2. The molecule has 0 fully saturated rings. The van der Waals surface area contributed by atoms with Crippen LogP contribution in [-0.2, 0) is 11.3 Å². The highest BCUT2D eigenvalue weighted by Crippen LogP contribution is 2.00. The molecule has 4 heteroatoms. The van der Waals surface area contributed by atoms with Gasteiger partial charge in [0.15, 0.2) is 0 Å². The lowest BCUT2D eigenvalue weighted by atomic mass is 9.87. The van der Waals surface area contributed by atoms with E-state index in [0.29, 0.717) is 6.54 Å². The quantitative estimate of drug-likeness (QED) is 0.643. The predicted molar refractivity (Wildman–Crippen MR) is 57.7 cm³/mol. The first-order valence-corrected chi connectivity index (χ1v) is 4.66. The lowest BCUT2D eigenvalue weighted by molar-refractivity contribution is -0.121. The molecule has 0 aliphatic rings. The van der Waals surface area contributed by atoms with E-state index in [4.69, 9.17) is 5.11 Å². The number of carbonyl (C=O) groups is 1. The third-order valence-electron chi connectivity index (χ3n) is 2.03. The maximum atomic E-state index is 11.3. The van der Waals surface area contributed by atoms with Gasteiger partial charge in [-0.1, -0.05) is 30.3 Å². The Kier molecular flexibility index (Phi) is 4.20. The van der Waals surface area contributed by atoms with Crippen molar-refractivity contribution >= 4 is 13.8 Å². The van der Waals surface area contributed by atoms with Crippen LogP contribution in [0.4, 0.5) is 0 Å². The first kappa shape index (κ1) is 10.8. The molecule has 0 unspecified atom stereocenters. The molecule has 1 atom stereocenters. The van der Waals surface area contributed by atoms with E-state index < -0.39 is 0 Å². The second kappa shape index (κ2) is 5.45. The van der Waals surface area contributed by atoms with Crippen LogP contribution in [0, 0.1) is 0 Å². The van der Waals surface area contributed by atoms with Gasteiger partial charge in [0.25, 0.3) is 0 Å². The summed E-state index contributed by atoms with van der Waals surface area (Å²) in [5.74, 6) is -0.449. The van der Waals surface area contributed by atoms with Gasteiger partial charge in [0.1, 0.15) is 7.85 Å². The van der Waals surface area contributed by atoms with Crippen molar-refractivity contribution in [2.75, 3.05) is 6.61 Å². The Labute approximate surface area is 84.5 Å². The van der Waals surface area contributed by atoms with Crippen molar-refractivity contribution in [3.05, 3.63) is 35.9 Å². The van der Waals surface area contributed by atoms with Crippen molar-refractivity contribution in [2.24, 2.45) is 0 Å². The van der Waals surface area contributed by atoms with Gasteiger partial charge in [-0.05, 0) is 5.56 Å². The van der Waals surface area contributed by atoms with Gasteiger partial charge in [-0.3, -0.25) is 4.79 Å². The fourth-order valence-electron chi connectivity index (χ4n) is 1.04. The number of carbonyl (C=O) groups excluding carboxylic acids is 1. The van der Waals surface area contributed by atoms with E-state index in [1.165, 1.54) is 0 Å². The van der Waals surface area contributed by atoms with Crippen LogP contribution in [-0.4, -0.2) is 25.5 Å². The minimum atomic E-state index is -0.335. The molecule has 0 aliphatic heterocycles. The normalized spacial score (nSPS) is 12.1. The first-order valence-electron chi connectivity index (χ1n) is 4.66. The molecule has 0 radical (unpaired) electrons. The molecule has 1 rings (SSSR count). The van der Waals surface area contributed by atoms with Crippen LogP contribution < -0.4 is 5.32 Å². The van der Waals surface area contributed by atoms with Crippen LogP contribution >= 0.6 is 0 Å². The van der Waals surface area contributed by atoms with E-state index in [2.05, 4.69) is 5.32 Å². The van der Waals surface area contributed by atoms with Crippen LogP contribution in [0.15, 0.2) is 30.3 Å². The van der Waals surface area contributed by atoms with E-state index in [1.54, 1.807) is 7.85 Å². The Bertz CT molecular complexity index is 289. The maximum absolute atomic E-state index is 11.3. The number of hydrogen-bond acceptors (Lipinski definition) is 2. The topological polar surface area (TPSA) is 49.3 Å². The van der Waals surface area contributed by atoms with Crippen molar-refractivity contribution in [1.29, 1.82) is 0 Å². The van der Waals surface area contributed by atoms with Crippen LogP contribution in [0.25, 0.3) is 0 Å². The molecule has 0 saturated heterocycles. The summed E-state index contributed by atoms with van der Waals surface area (Å²) in [6.45, 7) is 0.407. The van der Waals surface area contributed by atoms with Crippen LogP contribution in [0.2, 0.25) is 5.82 Å². The average molecular weight is 191 g/mol. The fraction of sp³-hybridized carbons (Fsp3) is 0.300. The molecule has 74 valence electrons. The van der Waals surface area contributed by atoms with Gasteiger partial charge >= 0.3 is 0 Å². The lowest BCUT2D eigenvalue weighted by Gasteiger charge is -2.09. The molecular formula is C10H14BNO2. The number of nitrogens with one attached hydrogen (secondary N) is 1. The van der Waals surface area contributed by atoms with Crippen molar-refractivity contribution in [1.82, 2.24) is 5.32 Å². The summed E-state index contributed by atoms with van der Waals surface area (Å²) in [5.41, 5.74) is 1.06. The molecule has 0 saturated carbocycles. The van der Waals surface area contributed by atoms with Gasteiger partial charge in [-0.25, -0.2) is 0 Å². The van der Waals surface area contributed by atoms with Crippen molar-refractivity contribution in [3.8, 4) is 0 Å². The summed E-state index contributed by atoms with van der Waals surface area (Å²) < 4.78 is 0. The number of rotatable bonds is 4. The molecule has 2 N–H and O–H groups in total. The number of benzene rings is 1. The highest BCUT2D eigenvalue weighted by atomic mass is 16.3. The molecule has 0 heterocycles. The summed E-state index contributed by atoms with van der Waals surface area (Å²) in [4.78, 5) is 11.3. The Hall–Kier alpha value is -1.29. The predicted octanol–water partition coefficient (Wildman–Crippen LogP) is -0.283. The van der Waals surface area contributed by atoms with E-state index in [1.807, 2.05) is 30.3 Å². The monoisotopic (exact) mass is 191 g/mol. The Morgan fingerprint density at radius 3 is 2.64 bits per heavy atom. The minimum Gasteiger partial charge on any atom is -0.396 e. The largest absolute Gasteiger partial charge is 0.396 e. The molecule has 1 aromatic carbocycles. The highest BCUT2D eigenvalue weighted by molar-refractivity contribution is 6.23. The summed E-state index contributed by atoms with van der Waals surface area (Å²) in [7, 11) is 1.69. The molecule has 1 aromatic rings. The van der Waals surface area contributed by atoms with Crippen LogP contribution in [0.5, 0.6) is 0 Å². The van der Waals surface area contributed by atoms with Crippen LogP contribution in [0.3, 0.4) is 0 Å². The molecule has 1 amide bonds. The first-order chi connectivity index (χ1) is 6.74. The average Bonchev–Trinajstić information content (AvgIpc) is 2.26.